The van der Waals surface area contributed by atoms with Gasteiger partial charge < -0.3 is 25.6 Å². The van der Waals surface area contributed by atoms with Gasteiger partial charge in [-0.05, 0) is 37.1 Å². The second-order valence-electron chi connectivity index (χ2n) is 9.11. The van der Waals surface area contributed by atoms with E-state index in [9.17, 15) is 4.79 Å². The lowest BCUT2D eigenvalue weighted by atomic mass is 9.95. The van der Waals surface area contributed by atoms with Gasteiger partial charge >= 0.3 is 0 Å². The molecule has 0 unspecified atom stereocenters. The first kappa shape index (κ1) is 22.5. The number of aromatic nitrogens is 4. The molecule has 34 heavy (non-hydrogen) atoms. The van der Waals surface area contributed by atoms with Crippen LogP contribution < -0.4 is 15.5 Å². The van der Waals surface area contributed by atoms with Gasteiger partial charge in [-0.25, -0.2) is 4.98 Å². The number of rotatable bonds is 8. The summed E-state index contributed by atoms with van der Waals surface area (Å²) in [5.41, 5.74) is 3.53. The van der Waals surface area contributed by atoms with Gasteiger partial charge in [0.15, 0.2) is 17.2 Å². The Morgan fingerprint density at radius 3 is 2.56 bits per heavy atom. The van der Waals surface area contributed by atoms with Crippen molar-refractivity contribution < 1.29 is 9.90 Å². The van der Waals surface area contributed by atoms with Crippen molar-refractivity contribution in [3.8, 4) is 0 Å². The number of nitrogens with one attached hydrogen (secondary N) is 3. The molecule has 1 saturated heterocycles. The number of Topliss-reactive ketones (excluding diaryl/α,β-unsaturated/α-hetero) is 1. The number of benzene rings is 1. The predicted octanol–water partition coefficient (Wildman–Crippen LogP) is 2.52. The first-order valence-electron chi connectivity index (χ1n) is 12.1. The number of piperazine rings is 1. The van der Waals surface area contributed by atoms with Crippen molar-refractivity contribution in [3.63, 3.8) is 0 Å². The topological polar surface area (TPSA) is 122 Å². The van der Waals surface area contributed by atoms with Crippen molar-refractivity contribution in [1.29, 1.82) is 0 Å². The summed E-state index contributed by atoms with van der Waals surface area (Å²) in [4.78, 5) is 32.7. The third-order valence-electron chi connectivity index (χ3n) is 6.67. The number of carbonyl (C=O) groups excluding carboxylic acids is 1. The van der Waals surface area contributed by atoms with Crippen LogP contribution in [-0.4, -0.2) is 81.1 Å². The zero-order valence-electron chi connectivity index (χ0n) is 19.3. The molecular formula is C24H32N8O2. The Hall–Kier alpha value is -3.24. The summed E-state index contributed by atoms with van der Waals surface area (Å²) in [7, 11) is 0. The van der Waals surface area contributed by atoms with Crippen LogP contribution in [0.2, 0.25) is 0 Å². The molecule has 0 atom stereocenters. The zero-order valence-corrected chi connectivity index (χ0v) is 19.3. The first-order valence-corrected chi connectivity index (χ1v) is 12.1. The summed E-state index contributed by atoms with van der Waals surface area (Å²) in [6, 6.07) is 8.67. The smallest absolute Gasteiger partial charge is 0.231 e. The van der Waals surface area contributed by atoms with Crippen molar-refractivity contribution in [2.24, 2.45) is 0 Å². The van der Waals surface area contributed by atoms with Gasteiger partial charge in [-0.1, -0.05) is 19.3 Å². The van der Waals surface area contributed by atoms with E-state index in [0.29, 0.717) is 24.2 Å². The molecule has 180 valence electrons. The number of hydrogen-bond donors (Lipinski definition) is 4. The van der Waals surface area contributed by atoms with E-state index in [4.69, 9.17) is 10.1 Å². The third kappa shape index (κ3) is 5.28. The van der Waals surface area contributed by atoms with Crippen LogP contribution in [0.1, 0.15) is 32.1 Å². The average Bonchev–Trinajstić information content (AvgIpc) is 3.35. The molecular weight excluding hydrogens is 432 g/mol. The Kier molecular flexibility index (Phi) is 6.87. The number of anilines is 4. The van der Waals surface area contributed by atoms with Crippen LogP contribution in [0.25, 0.3) is 11.2 Å². The number of aliphatic hydroxyl groups excluding tert-OH is 1. The lowest BCUT2D eigenvalue weighted by Gasteiger charge is -2.35. The van der Waals surface area contributed by atoms with E-state index in [0.717, 1.165) is 61.7 Å². The Morgan fingerprint density at radius 2 is 1.82 bits per heavy atom. The molecule has 3 heterocycles. The third-order valence-corrected chi connectivity index (χ3v) is 6.67. The molecule has 0 radical (unpaired) electrons. The Bertz CT molecular complexity index is 1100. The maximum atomic E-state index is 11.5. The standard InChI is InChI=1S/C24H32N8O2/c33-15-20(34)14-31-10-12-32(13-11-31)19-8-6-18(7-9-19)28-24-29-22-21(25-16-26-22)23(30-24)27-17-4-2-1-3-5-17/h6-9,16-17,33H,1-5,10-15H2,(H3,25,26,27,28,29,30). The van der Waals surface area contributed by atoms with Crippen LogP contribution >= 0.6 is 0 Å². The highest BCUT2D eigenvalue weighted by Crippen LogP contribution is 2.26. The van der Waals surface area contributed by atoms with Gasteiger partial charge in [-0.3, -0.25) is 9.69 Å². The normalized spacial score (nSPS) is 17.7. The highest BCUT2D eigenvalue weighted by molar-refractivity contribution is 5.84. The quantitative estimate of drug-likeness (QED) is 0.398. The van der Waals surface area contributed by atoms with E-state index in [1.807, 2.05) is 12.1 Å². The van der Waals surface area contributed by atoms with Gasteiger partial charge in [0, 0.05) is 43.6 Å². The number of aromatic amines is 1. The number of nitrogens with zero attached hydrogens (tertiary/aromatic N) is 5. The Balaban J connectivity index is 1.23. The first-order chi connectivity index (χ1) is 16.7. The average molecular weight is 465 g/mol. The fourth-order valence-corrected chi connectivity index (χ4v) is 4.78. The predicted molar refractivity (Wildman–Crippen MR) is 133 cm³/mol. The molecule has 10 heteroatoms. The van der Waals surface area contributed by atoms with E-state index < -0.39 is 0 Å². The SMILES string of the molecule is O=C(CO)CN1CCN(c2ccc(Nc3nc(NC4CCCCC4)c4[nH]cnc4n3)cc2)CC1. The fourth-order valence-electron chi connectivity index (χ4n) is 4.78. The minimum absolute atomic E-state index is 0.128. The van der Waals surface area contributed by atoms with Crippen LogP contribution in [0.4, 0.5) is 23.1 Å². The molecule has 2 aromatic heterocycles. The van der Waals surface area contributed by atoms with Gasteiger partial charge in [0.1, 0.15) is 12.1 Å². The molecule has 1 aliphatic carbocycles. The molecule has 2 aliphatic rings. The van der Waals surface area contributed by atoms with E-state index in [1.54, 1.807) is 6.33 Å². The van der Waals surface area contributed by atoms with Gasteiger partial charge in [0.25, 0.3) is 0 Å². The summed E-state index contributed by atoms with van der Waals surface area (Å²) in [6.45, 7) is 3.25. The Labute approximate surface area is 198 Å². The summed E-state index contributed by atoms with van der Waals surface area (Å²) in [5, 5.41) is 15.9. The highest BCUT2D eigenvalue weighted by Gasteiger charge is 2.20. The molecule has 1 aromatic carbocycles. The molecule has 0 bridgehead atoms. The highest BCUT2D eigenvalue weighted by atomic mass is 16.3. The molecule has 3 aromatic rings. The number of aliphatic hydroxyl groups is 1. The van der Waals surface area contributed by atoms with Crippen molar-refractivity contribution in [3.05, 3.63) is 30.6 Å². The van der Waals surface area contributed by atoms with Gasteiger partial charge in [-0.2, -0.15) is 9.97 Å². The van der Waals surface area contributed by atoms with Crippen LogP contribution in [-0.2, 0) is 4.79 Å². The summed E-state index contributed by atoms with van der Waals surface area (Å²) in [5.74, 6) is 1.19. The number of fused-ring (bicyclic) bond motifs is 1. The minimum Gasteiger partial charge on any atom is -0.389 e. The summed E-state index contributed by atoms with van der Waals surface area (Å²) in [6.07, 6.45) is 7.79. The Morgan fingerprint density at radius 1 is 1.06 bits per heavy atom. The van der Waals surface area contributed by atoms with Gasteiger partial charge in [0.05, 0.1) is 12.9 Å². The number of ketones is 1. The zero-order chi connectivity index (χ0) is 23.3. The lowest BCUT2D eigenvalue weighted by Crippen LogP contribution is -2.48. The maximum absolute atomic E-state index is 11.5. The summed E-state index contributed by atoms with van der Waals surface area (Å²) < 4.78 is 0. The van der Waals surface area contributed by atoms with E-state index in [1.165, 1.54) is 19.3 Å². The number of H-pyrrole nitrogens is 1. The molecule has 10 nitrogen and oxygen atoms in total. The largest absolute Gasteiger partial charge is 0.389 e. The maximum Gasteiger partial charge on any atom is 0.231 e. The van der Waals surface area contributed by atoms with E-state index in [2.05, 4.69) is 47.5 Å². The molecule has 4 N–H and O–H groups in total. The molecule has 5 rings (SSSR count). The number of hydrogen-bond acceptors (Lipinski definition) is 9. The molecule has 1 aliphatic heterocycles. The fraction of sp³-hybridized carbons (Fsp3) is 0.500. The van der Waals surface area contributed by atoms with Gasteiger partial charge in [0.2, 0.25) is 5.95 Å². The van der Waals surface area contributed by atoms with Crippen molar-refractivity contribution in [2.45, 2.75) is 38.1 Å². The number of carbonyl (C=O) groups is 1. The summed E-state index contributed by atoms with van der Waals surface area (Å²) >= 11 is 0. The van der Waals surface area contributed by atoms with E-state index in [-0.39, 0.29) is 12.4 Å². The van der Waals surface area contributed by atoms with Crippen LogP contribution in [0.3, 0.4) is 0 Å². The van der Waals surface area contributed by atoms with E-state index >= 15 is 0 Å². The monoisotopic (exact) mass is 464 g/mol. The van der Waals surface area contributed by atoms with Crippen molar-refractivity contribution in [2.75, 3.05) is 54.9 Å². The van der Waals surface area contributed by atoms with Crippen LogP contribution in [0, 0.1) is 0 Å². The number of imidazole rings is 1. The second-order valence-corrected chi connectivity index (χ2v) is 9.11. The molecule has 2 fully saturated rings. The lowest BCUT2D eigenvalue weighted by molar-refractivity contribution is -0.122. The van der Waals surface area contributed by atoms with Crippen molar-refractivity contribution >= 4 is 40.1 Å². The van der Waals surface area contributed by atoms with Gasteiger partial charge in [-0.15, -0.1) is 0 Å². The van der Waals surface area contributed by atoms with Crippen molar-refractivity contribution in [1.82, 2.24) is 24.8 Å². The molecule has 1 saturated carbocycles. The van der Waals surface area contributed by atoms with Crippen LogP contribution in [0.15, 0.2) is 30.6 Å². The molecule has 0 spiro atoms. The molecule has 0 amide bonds. The minimum atomic E-state index is -0.385. The second kappa shape index (κ2) is 10.4. The van der Waals surface area contributed by atoms with Crippen LogP contribution in [0.5, 0.6) is 0 Å².